The van der Waals surface area contributed by atoms with Crippen LogP contribution in [0.4, 0.5) is 13.2 Å². The van der Waals surface area contributed by atoms with E-state index in [4.69, 9.17) is 0 Å². The molecule has 206 valence electrons. The molecular weight excluding hydrogens is 533 g/mol. The Hall–Kier alpha value is -5.19. The van der Waals surface area contributed by atoms with E-state index in [9.17, 15) is 22.8 Å². The molecule has 3 aromatic heterocycles. The molecule has 11 heteroatoms. The van der Waals surface area contributed by atoms with Crippen LogP contribution in [-0.4, -0.2) is 42.4 Å². The van der Waals surface area contributed by atoms with E-state index in [1.54, 1.807) is 49.5 Å². The highest BCUT2D eigenvalue weighted by Crippen LogP contribution is 2.35. The first-order valence-corrected chi connectivity index (χ1v) is 12.7. The molecule has 0 unspecified atom stereocenters. The number of fused-ring (bicyclic) bond motifs is 3. The largest absolute Gasteiger partial charge is 0.416 e. The topological polar surface area (TPSA) is 88.8 Å². The fourth-order valence-corrected chi connectivity index (χ4v) is 4.91. The highest BCUT2D eigenvalue weighted by Gasteiger charge is 2.31. The summed E-state index contributed by atoms with van der Waals surface area (Å²) < 4.78 is 43.3. The third-order valence-electron chi connectivity index (χ3n) is 6.95. The first-order valence-electron chi connectivity index (χ1n) is 12.7. The van der Waals surface area contributed by atoms with Crippen LogP contribution in [0.3, 0.4) is 0 Å². The van der Waals surface area contributed by atoms with Gasteiger partial charge in [0.2, 0.25) is 0 Å². The lowest BCUT2D eigenvalue weighted by molar-refractivity contribution is -0.137. The second kappa shape index (κ2) is 9.77. The number of nitrogens with one attached hydrogen (secondary N) is 1. The summed E-state index contributed by atoms with van der Waals surface area (Å²) in [6.07, 6.45) is -3.02. The molecule has 41 heavy (non-hydrogen) atoms. The third-order valence-corrected chi connectivity index (χ3v) is 6.95. The number of nitrogens with zero attached hydrogens (tertiary/aromatic N) is 5. The Kier molecular flexibility index (Phi) is 6.21. The number of hydrogen-bond donors (Lipinski definition) is 1. The molecule has 8 nitrogen and oxygen atoms in total. The van der Waals surface area contributed by atoms with Crippen molar-refractivity contribution < 1.29 is 18.0 Å². The minimum Gasteiger partial charge on any atom is -0.337 e. The first kappa shape index (κ1) is 26.1. The fraction of sp³-hybridized carbons (Fsp3) is 0.133. The molecular formula is C30H23F3N6O2. The summed E-state index contributed by atoms with van der Waals surface area (Å²) >= 11 is 0. The zero-order chi connectivity index (χ0) is 28.9. The van der Waals surface area contributed by atoms with Crippen LogP contribution in [0.2, 0.25) is 0 Å². The van der Waals surface area contributed by atoms with Gasteiger partial charge in [-0.2, -0.15) is 18.3 Å². The number of carbonyl (C=O) groups is 1. The van der Waals surface area contributed by atoms with Crippen molar-refractivity contribution in [1.29, 1.82) is 0 Å². The Balaban J connectivity index is 1.48. The lowest BCUT2D eigenvalue weighted by Crippen LogP contribution is -2.26. The van der Waals surface area contributed by atoms with Crippen LogP contribution in [0.1, 0.15) is 21.5 Å². The molecule has 0 spiro atoms. The summed E-state index contributed by atoms with van der Waals surface area (Å²) in [4.78, 5) is 33.2. The van der Waals surface area contributed by atoms with E-state index in [-0.39, 0.29) is 22.6 Å². The van der Waals surface area contributed by atoms with Crippen molar-refractivity contribution in [2.24, 2.45) is 7.05 Å². The monoisotopic (exact) mass is 556 g/mol. The predicted octanol–water partition coefficient (Wildman–Crippen LogP) is 5.56. The van der Waals surface area contributed by atoms with Gasteiger partial charge in [-0.15, -0.1) is 0 Å². The summed E-state index contributed by atoms with van der Waals surface area (Å²) in [5.74, 6) is -0.235. The van der Waals surface area contributed by atoms with E-state index < -0.39 is 17.3 Å². The highest BCUT2D eigenvalue weighted by atomic mass is 19.4. The van der Waals surface area contributed by atoms with Gasteiger partial charge in [0.25, 0.3) is 11.5 Å². The number of aryl methyl sites for hydroxylation is 1. The number of pyridine rings is 1. The van der Waals surface area contributed by atoms with Crippen LogP contribution in [0.15, 0.2) is 89.9 Å². The van der Waals surface area contributed by atoms with Gasteiger partial charge in [-0.05, 0) is 35.9 Å². The molecule has 0 fully saturated rings. The third kappa shape index (κ3) is 4.65. The molecule has 6 rings (SSSR count). The molecule has 3 heterocycles. The van der Waals surface area contributed by atoms with Crippen LogP contribution in [0, 0.1) is 0 Å². The van der Waals surface area contributed by atoms with Crippen LogP contribution in [-0.2, 0) is 19.8 Å². The molecule has 0 aliphatic rings. The second-order valence-corrected chi connectivity index (χ2v) is 9.74. The van der Waals surface area contributed by atoms with Gasteiger partial charge in [0, 0.05) is 31.8 Å². The second-order valence-electron chi connectivity index (χ2n) is 9.74. The minimum atomic E-state index is -4.56. The van der Waals surface area contributed by atoms with Crippen molar-refractivity contribution in [1.82, 2.24) is 29.4 Å². The number of aromatic amines is 1. The molecule has 1 N–H and O–H groups in total. The van der Waals surface area contributed by atoms with Crippen LogP contribution >= 0.6 is 0 Å². The molecule has 0 aliphatic heterocycles. The van der Waals surface area contributed by atoms with Crippen molar-refractivity contribution in [3.05, 3.63) is 112 Å². The maximum absolute atomic E-state index is 13.9. The molecule has 1 amide bonds. The van der Waals surface area contributed by atoms with E-state index in [0.717, 1.165) is 17.7 Å². The smallest absolute Gasteiger partial charge is 0.337 e. The first-order chi connectivity index (χ1) is 19.6. The number of benzene rings is 3. The maximum Gasteiger partial charge on any atom is 0.416 e. The van der Waals surface area contributed by atoms with Crippen LogP contribution in [0.25, 0.3) is 38.9 Å². The summed E-state index contributed by atoms with van der Waals surface area (Å²) in [6, 6.07) is 20.9. The molecule has 3 aromatic carbocycles. The predicted molar refractivity (Wildman–Crippen MR) is 149 cm³/mol. The summed E-state index contributed by atoms with van der Waals surface area (Å²) in [5, 5.41) is 7.97. The van der Waals surface area contributed by atoms with E-state index in [0.29, 0.717) is 34.3 Å². The Morgan fingerprint density at radius 2 is 1.76 bits per heavy atom. The van der Waals surface area contributed by atoms with Crippen molar-refractivity contribution in [3.8, 4) is 16.9 Å². The normalized spacial score (nSPS) is 11.8. The number of hydrogen-bond acceptors (Lipinski definition) is 4. The van der Waals surface area contributed by atoms with Gasteiger partial charge in [0.1, 0.15) is 0 Å². The number of rotatable bonds is 5. The quantitative estimate of drug-likeness (QED) is 0.301. The lowest BCUT2D eigenvalue weighted by Gasteiger charge is -2.17. The fourth-order valence-electron chi connectivity index (χ4n) is 4.91. The number of carbonyl (C=O) groups excluding carboxylic acids is 1. The van der Waals surface area contributed by atoms with E-state index >= 15 is 0 Å². The van der Waals surface area contributed by atoms with Crippen molar-refractivity contribution >= 4 is 27.8 Å². The Bertz CT molecular complexity index is 1990. The molecule has 0 radical (unpaired) electrons. The summed E-state index contributed by atoms with van der Waals surface area (Å²) in [5.41, 5.74) is 1.36. The van der Waals surface area contributed by atoms with Crippen molar-refractivity contribution in [2.45, 2.75) is 12.7 Å². The number of H-pyrrole nitrogens is 1. The summed E-state index contributed by atoms with van der Waals surface area (Å²) in [7, 11) is 3.36. The van der Waals surface area contributed by atoms with Gasteiger partial charge in [-0.25, -0.2) is 9.67 Å². The van der Waals surface area contributed by atoms with E-state index in [1.807, 2.05) is 30.3 Å². The Morgan fingerprint density at radius 1 is 1.00 bits per heavy atom. The Labute approximate surface area is 231 Å². The van der Waals surface area contributed by atoms with E-state index in [1.165, 1.54) is 21.5 Å². The van der Waals surface area contributed by atoms with Crippen molar-refractivity contribution in [2.75, 3.05) is 7.05 Å². The number of amides is 1. The standard InChI is InChI=1S/C30H23F3N6O2/c1-37(17-18-8-4-3-5-9-18)28(40)20-11-7-13-22(15-20)39-29(41)24-25(19-10-6-12-21(14-19)30(31,32)33)35-27-23(26(24)36-39)16-34-38(27)2/h3-16,36H,17H2,1-2H3. The zero-order valence-corrected chi connectivity index (χ0v) is 22.0. The van der Waals surface area contributed by atoms with E-state index in [2.05, 4.69) is 15.2 Å². The molecule has 0 saturated heterocycles. The van der Waals surface area contributed by atoms with Gasteiger partial charge in [-0.3, -0.25) is 19.4 Å². The highest BCUT2D eigenvalue weighted by molar-refractivity contribution is 6.07. The molecule has 0 bridgehead atoms. The molecule has 6 aromatic rings. The number of alkyl halides is 3. The molecule has 0 saturated carbocycles. The maximum atomic E-state index is 13.9. The molecule has 0 aliphatic carbocycles. The van der Waals surface area contributed by atoms with Gasteiger partial charge in [-0.1, -0.05) is 48.5 Å². The van der Waals surface area contributed by atoms with Crippen LogP contribution in [0.5, 0.6) is 0 Å². The minimum absolute atomic E-state index is 0.0945. The number of halogens is 3. The van der Waals surface area contributed by atoms with Gasteiger partial charge >= 0.3 is 6.18 Å². The number of aromatic nitrogens is 5. The Morgan fingerprint density at radius 3 is 2.51 bits per heavy atom. The average molecular weight is 557 g/mol. The van der Waals surface area contributed by atoms with Crippen molar-refractivity contribution in [3.63, 3.8) is 0 Å². The lowest BCUT2D eigenvalue weighted by atomic mass is 10.0. The molecule has 0 atom stereocenters. The van der Waals surface area contributed by atoms with Gasteiger partial charge in [0.15, 0.2) is 5.65 Å². The average Bonchev–Trinajstić information content (AvgIpc) is 3.52. The summed E-state index contributed by atoms with van der Waals surface area (Å²) in [6.45, 7) is 0.404. The van der Waals surface area contributed by atoms with Gasteiger partial charge in [0.05, 0.1) is 39.4 Å². The van der Waals surface area contributed by atoms with Gasteiger partial charge < -0.3 is 4.90 Å². The zero-order valence-electron chi connectivity index (χ0n) is 22.0. The van der Waals surface area contributed by atoms with Crippen LogP contribution < -0.4 is 5.56 Å². The SMILES string of the molecule is CN(Cc1ccccc1)C(=O)c1cccc(-n2[nH]c3c(c(-c4cccc(C(F)(F)F)c4)nc4c3cnn4C)c2=O)c1.